The SMILES string of the molecule is Nc1cn(-c2ccccc2Br)c(=O)[nH]c1=O. The molecule has 0 fully saturated rings. The highest BCUT2D eigenvalue weighted by Gasteiger charge is 2.06. The third-order valence-corrected chi connectivity index (χ3v) is 2.75. The molecule has 0 bridgehead atoms. The third-order valence-electron chi connectivity index (χ3n) is 2.08. The molecule has 2 rings (SSSR count). The Balaban J connectivity index is 2.75. The van der Waals surface area contributed by atoms with E-state index < -0.39 is 11.2 Å². The lowest BCUT2D eigenvalue weighted by Crippen LogP contribution is -2.30. The van der Waals surface area contributed by atoms with Crippen molar-refractivity contribution in [2.45, 2.75) is 0 Å². The van der Waals surface area contributed by atoms with Crippen molar-refractivity contribution < 1.29 is 0 Å². The minimum atomic E-state index is -0.576. The second-order valence-corrected chi connectivity index (χ2v) is 4.02. The van der Waals surface area contributed by atoms with E-state index in [0.29, 0.717) is 5.69 Å². The Morgan fingerprint density at radius 1 is 1.25 bits per heavy atom. The van der Waals surface area contributed by atoms with E-state index >= 15 is 0 Å². The van der Waals surface area contributed by atoms with Gasteiger partial charge in [0, 0.05) is 10.7 Å². The van der Waals surface area contributed by atoms with Crippen LogP contribution in [-0.4, -0.2) is 9.55 Å². The average Bonchev–Trinajstić information content (AvgIpc) is 2.25. The van der Waals surface area contributed by atoms with Gasteiger partial charge in [0.15, 0.2) is 0 Å². The summed E-state index contributed by atoms with van der Waals surface area (Å²) >= 11 is 3.32. The number of aromatic nitrogens is 2. The van der Waals surface area contributed by atoms with Crippen LogP contribution in [0.5, 0.6) is 0 Å². The maximum Gasteiger partial charge on any atom is 0.333 e. The van der Waals surface area contributed by atoms with Crippen molar-refractivity contribution in [1.82, 2.24) is 9.55 Å². The zero-order chi connectivity index (χ0) is 11.7. The number of halogens is 1. The van der Waals surface area contributed by atoms with Crippen molar-refractivity contribution in [3.05, 3.63) is 55.8 Å². The van der Waals surface area contributed by atoms with E-state index in [1.807, 2.05) is 6.07 Å². The summed E-state index contributed by atoms with van der Waals surface area (Å²) in [6.45, 7) is 0. The fourth-order valence-electron chi connectivity index (χ4n) is 1.31. The lowest BCUT2D eigenvalue weighted by Gasteiger charge is -2.07. The van der Waals surface area contributed by atoms with Gasteiger partial charge in [-0.05, 0) is 28.1 Å². The lowest BCUT2D eigenvalue weighted by atomic mass is 10.3. The highest BCUT2D eigenvalue weighted by molar-refractivity contribution is 9.10. The van der Waals surface area contributed by atoms with Gasteiger partial charge in [-0.2, -0.15) is 0 Å². The number of H-pyrrole nitrogens is 1. The number of nitrogens with one attached hydrogen (secondary N) is 1. The highest BCUT2D eigenvalue weighted by Crippen LogP contribution is 2.18. The summed E-state index contributed by atoms with van der Waals surface area (Å²) in [7, 11) is 0. The zero-order valence-corrected chi connectivity index (χ0v) is 9.69. The summed E-state index contributed by atoms with van der Waals surface area (Å²) in [4.78, 5) is 24.8. The molecule has 0 unspecified atom stereocenters. The molecule has 0 atom stereocenters. The molecule has 0 amide bonds. The summed E-state index contributed by atoms with van der Waals surface area (Å²) in [5, 5.41) is 0. The Hall–Kier alpha value is -1.82. The fraction of sp³-hybridized carbons (Fsp3) is 0. The number of hydrogen-bond donors (Lipinski definition) is 2. The number of nitrogen functional groups attached to an aromatic ring is 1. The van der Waals surface area contributed by atoms with E-state index in [2.05, 4.69) is 20.9 Å². The van der Waals surface area contributed by atoms with Gasteiger partial charge in [0.2, 0.25) is 0 Å². The van der Waals surface area contributed by atoms with Gasteiger partial charge in [0.25, 0.3) is 5.56 Å². The van der Waals surface area contributed by atoms with E-state index in [1.165, 1.54) is 10.8 Å². The Morgan fingerprint density at radius 2 is 1.94 bits per heavy atom. The minimum absolute atomic E-state index is 0.00430. The first-order valence-electron chi connectivity index (χ1n) is 4.46. The Bertz CT molecular complexity index is 645. The van der Waals surface area contributed by atoms with Crippen LogP contribution in [0, 0.1) is 0 Å². The zero-order valence-electron chi connectivity index (χ0n) is 8.11. The largest absolute Gasteiger partial charge is 0.393 e. The number of hydrogen-bond acceptors (Lipinski definition) is 3. The molecule has 0 saturated heterocycles. The number of rotatable bonds is 1. The maximum atomic E-state index is 11.6. The molecule has 5 nitrogen and oxygen atoms in total. The van der Waals surface area contributed by atoms with Gasteiger partial charge < -0.3 is 5.73 Å². The average molecular weight is 282 g/mol. The summed E-state index contributed by atoms with van der Waals surface area (Å²) in [5.41, 5.74) is 4.98. The van der Waals surface area contributed by atoms with Crippen LogP contribution in [-0.2, 0) is 0 Å². The van der Waals surface area contributed by atoms with Crippen LogP contribution in [0.2, 0.25) is 0 Å². The summed E-state index contributed by atoms with van der Waals surface area (Å²) in [5.74, 6) is 0. The van der Waals surface area contributed by atoms with E-state index in [0.717, 1.165) is 4.47 Å². The molecule has 1 aromatic heterocycles. The smallest absolute Gasteiger partial charge is 0.333 e. The molecular weight excluding hydrogens is 274 g/mol. The van der Waals surface area contributed by atoms with E-state index in [1.54, 1.807) is 18.2 Å². The second-order valence-electron chi connectivity index (χ2n) is 3.17. The van der Waals surface area contributed by atoms with E-state index in [9.17, 15) is 9.59 Å². The van der Waals surface area contributed by atoms with Gasteiger partial charge >= 0.3 is 5.69 Å². The molecule has 0 radical (unpaired) electrons. The molecule has 3 N–H and O–H groups in total. The van der Waals surface area contributed by atoms with Crippen LogP contribution >= 0.6 is 15.9 Å². The van der Waals surface area contributed by atoms with Gasteiger partial charge in [-0.3, -0.25) is 14.3 Å². The van der Waals surface area contributed by atoms with Crippen molar-refractivity contribution in [3.63, 3.8) is 0 Å². The van der Waals surface area contributed by atoms with Gasteiger partial charge in [0.05, 0.1) is 5.69 Å². The Kier molecular flexibility index (Phi) is 2.66. The van der Waals surface area contributed by atoms with Gasteiger partial charge in [-0.15, -0.1) is 0 Å². The number of anilines is 1. The first-order chi connectivity index (χ1) is 7.59. The monoisotopic (exact) mass is 281 g/mol. The van der Waals surface area contributed by atoms with Crippen molar-refractivity contribution >= 4 is 21.6 Å². The predicted octanol–water partition coefficient (Wildman–Crippen LogP) is 0.871. The normalized spacial score (nSPS) is 10.3. The lowest BCUT2D eigenvalue weighted by molar-refractivity contribution is 0.897. The standard InChI is InChI=1S/C10H8BrN3O2/c11-6-3-1-2-4-8(6)14-5-7(12)9(15)13-10(14)16/h1-5H,12H2,(H,13,15,16). The van der Waals surface area contributed by atoms with Crippen LogP contribution in [0.25, 0.3) is 5.69 Å². The molecule has 0 aliphatic rings. The van der Waals surface area contributed by atoms with Gasteiger partial charge in [0.1, 0.15) is 5.69 Å². The fourth-order valence-corrected chi connectivity index (χ4v) is 1.79. The molecule has 1 heterocycles. The maximum absolute atomic E-state index is 11.6. The topological polar surface area (TPSA) is 80.9 Å². The third kappa shape index (κ3) is 1.79. The molecule has 2 aromatic rings. The quantitative estimate of drug-likeness (QED) is 0.814. The number of nitrogens with zero attached hydrogens (tertiary/aromatic N) is 1. The van der Waals surface area contributed by atoms with Crippen LogP contribution in [0.3, 0.4) is 0 Å². The van der Waals surface area contributed by atoms with Crippen molar-refractivity contribution in [2.75, 3.05) is 5.73 Å². The first kappa shape index (κ1) is 10.7. The van der Waals surface area contributed by atoms with Crippen molar-refractivity contribution in [1.29, 1.82) is 0 Å². The molecule has 1 aromatic carbocycles. The summed E-state index contributed by atoms with van der Waals surface area (Å²) in [6, 6.07) is 7.15. The van der Waals surface area contributed by atoms with E-state index in [4.69, 9.17) is 5.73 Å². The van der Waals surface area contributed by atoms with Crippen LogP contribution in [0.15, 0.2) is 44.5 Å². The van der Waals surface area contributed by atoms with Gasteiger partial charge in [-0.25, -0.2) is 4.79 Å². The highest BCUT2D eigenvalue weighted by atomic mass is 79.9. The second kappa shape index (κ2) is 3.97. The number of benzene rings is 1. The number of para-hydroxylation sites is 1. The molecule has 6 heteroatoms. The number of aromatic amines is 1. The Labute approximate surface area is 98.7 Å². The molecule has 0 aliphatic carbocycles. The molecular formula is C10H8BrN3O2. The van der Waals surface area contributed by atoms with Gasteiger partial charge in [-0.1, -0.05) is 12.1 Å². The van der Waals surface area contributed by atoms with Crippen molar-refractivity contribution in [3.8, 4) is 5.69 Å². The number of nitrogens with two attached hydrogens (primary N) is 1. The molecule has 0 spiro atoms. The summed E-state index contributed by atoms with van der Waals surface area (Å²) in [6.07, 6.45) is 1.31. The molecule has 0 aliphatic heterocycles. The summed E-state index contributed by atoms with van der Waals surface area (Å²) < 4.78 is 2.02. The van der Waals surface area contributed by atoms with Crippen molar-refractivity contribution in [2.24, 2.45) is 0 Å². The minimum Gasteiger partial charge on any atom is -0.393 e. The Morgan fingerprint density at radius 3 is 2.62 bits per heavy atom. The van der Waals surface area contributed by atoms with Crippen LogP contribution in [0.4, 0.5) is 5.69 Å². The van der Waals surface area contributed by atoms with Crippen LogP contribution < -0.4 is 17.0 Å². The van der Waals surface area contributed by atoms with Crippen LogP contribution in [0.1, 0.15) is 0 Å². The molecule has 16 heavy (non-hydrogen) atoms. The molecule has 0 saturated carbocycles. The van der Waals surface area contributed by atoms with E-state index in [-0.39, 0.29) is 5.69 Å². The molecule has 82 valence electrons. The first-order valence-corrected chi connectivity index (χ1v) is 5.25. The predicted molar refractivity (Wildman–Crippen MR) is 64.8 cm³/mol.